The monoisotopic (exact) mass is 391 g/mol. The smallest absolute Gasteiger partial charge is 0.188 e. The van der Waals surface area contributed by atoms with E-state index in [4.69, 9.17) is 15.2 Å². The molecule has 128 valence electrons. The van der Waals surface area contributed by atoms with Crippen molar-refractivity contribution in [2.75, 3.05) is 20.8 Å². The summed E-state index contributed by atoms with van der Waals surface area (Å²) in [5.74, 6) is 1.89. The Morgan fingerprint density at radius 3 is 2.58 bits per heavy atom. The Bertz CT molecular complexity index is 704. The number of hydrogen-bond acceptors (Lipinski definition) is 3. The number of aliphatic imine (C=N–C) groups is 1. The van der Waals surface area contributed by atoms with Gasteiger partial charge in [-0.2, -0.15) is 0 Å². The van der Waals surface area contributed by atoms with Crippen LogP contribution in [-0.2, 0) is 13.0 Å². The van der Waals surface area contributed by atoms with Gasteiger partial charge in [-0.15, -0.1) is 0 Å². The third-order valence-corrected chi connectivity index (χ3v) is 3.98. The molecule has 0 spiro atoms. The average molecular weight is 392 g/mol. The molecule has 0 amide bonds. The van der Waals surface area contributed by atoms with Crippen LogP contribution >= 0.6 is 15.9 Å². The van der Waals surface area contributed by atoms with Crippen molar-refractivity contribution in [3.8, 4) is 11.5 Å². The molecule has 0 aliphatic rings. The number of guanidine groups is 1. The molecule has 3 N–H and O–H groups in total. The minimum atomic E-state index is 0.440. The van der Waals surface area contributed by atoms with Crippen LogP contribution in [0.5, 0.6) is 11.5 Å². The number of methoxy groups -OCH3 is 2. The van der Waals surface area contributed by atoms with Gasteiger partial charge in [0, 0.05) is 11.0 Å². The molecular weight excluding hydrogens is 370 g/mol. The molecule has 0 aliphatic heterocycles. The first-order chi connectivity index (χ1) is 11.6. The van der Waals surface area contributed by atoms with Crippen LogP contribution in [0.4, 0.5) is 0 Å². The second kappa shape index (κ2) is 9.17. The highest BCUT2D eigenvalue weighted by Crippen LogP contribution is 2.27. The Labute approximate surface area is 151 Å². The van der Waals surface area contributed by atoms with E-state index in [9.17, 15) is 0 Å². The summed E-state index contributed by atoms with van der Waals surface area (Å²) in [5, 5.41) is 3.13. The molecule has 0 fully saturated rings. The molecule has 2 aromatic rings. The molecule has 0 bridgehead atoms. The van der Waals surface area contributed by atoms with E-state index in [-0.39, 0.29) is 0 Å². The molecule has 2 rings (SSSR count). The molecular formula is C18H22BrN3O2. The maximum absolute atomic E-state index is 5.91. The van der Waals surface area contributed by atoms with E-state index in [1.54, 1.807) is 14.2 Å². The summed E-state index contributed by atoms with van der Waals surface area (Å²) in [4.78, 5) is 4.35. The first kappa shape index (κ1) is 18.1. The van der Waals surface area contributed by atoms with Crippen LogP contribution < -0.4 is 20.5 Å². The van der Waals surface area contributed by atoms with Crippen LogP contribution in [0.1, 0.15) is 11.1 Å². The number of rotatable bonds is 7. The number of hydrogen-bond donors (Lipinski definition) is 2. The Hall–Kier alpha value is -2.21. The Balaban J connectivity index is 1.83. The highest BCUT2D eigenvalue weighted by Gasteiger charge is 2.04. The van der Waals surface area contributed by atoms with E-state index in [0.29, 0.717) is 19.0 Å². The van der Waals surface area contributed by atoms with E-state index in [2.05, 4.69) is 26.2 Å². The van der Waals surface area contributed by atoms with Gasteiger partial charge in [0.05, 0.1) is 20.8 Å². The van der Waals surface area contributed by atoms with Crippen LogP contribution in [0.3, 0.4) is 0 Å². The second-order valence-corrected chi connectivity index (χ2v) is 6.11. The summed E-state index contributed by atoms with van der Waals surface area (Å²) in [5.41, 5.74) is 8.15. The fraction of sp³-hybridized carbons (Fsp3) is 0.278. The van der Waals surface area contributed by atoms with Gasteiger partial charge in [-0.1, -0.05) is 34.1 Å². The number of ether oxygens (including phenoxy) is 2. The van der Waals surface area contributed by atoms with Crippen LogP contribution in [-0.4, -0.2) is 26.7 Å². The number of benzene rings is 2. The lowest BCUT2D eigenvalue weighted by molar-refractivity contribution is 0.354. The summed E-state index contributed by atoms with van der Waals surface area (Å²) in [6.07, 6.45) is 0.813. The minimum Gasteiger partial charge on any atom is -0.493 e. The third kappa shape index (κ3) is 5.45. The Morgan fingerprint density at radius 1 is 1.08 bits per heavy atom. The third-order valence-electron chi connectivity index (χ3n) is 3.49. The summed E-state index contributed by atoms with van der Waals surface area (Å²) >= 11 is 3.44. The van der Waals surface area contributed by atoms with Gasteiger partial charge in [0.1, 0.15) is 0 Å². The van der Waals surface area contributed by atoms with Crippen molar-refractivity contribution in [3.63, 3.8) is 0 Å². The Morgan fingerprint density at radius 2 is 1.88 bits per heavy atom. The van der Waals surface area contributed by atoms with E-state index in [1.165, 1.54) is 0 Å². The molecule has 5 nitrogen and oxygen atoms in total. The van der Waals surface area contributed by atoms with Gasteiger partial charge >= 0.3 is 0 Å². The van der Waals surface area contributed by atoms with Crippen molar-refractivity contribution in [1.82, 2.24) is 5.32 Å². The molecule has 0 radical (unpaired) electrons. The number of halogens is 1. The molecule has 0 aliphatic carbocycles. The predicted molar refractivity (Wildman–Crippen MR) is 101 cm³/mol. The van der Waals surface area contributed by atoms with Crippen molar-refractivity contribution in [1.29, 1.82) is 0 Å². The van der Waals surface area contributed by atoms with Crippen LogP contribution in [0.15, 0.2) is 51.9 Å². The first-order valence-electron chi connectivity index (χ1n) is 7.61. The number of nitrogens with two attached hydrogens (primary N) is 1. The van der Waals surface area contributed by atoms with E-state index in [1.807, 2.05) is 42.5 Å². The van der Waals surface area contributed by atoms with Crippen molar-refractivity contribution in [2.45, 2.75) is 13.0 Å². The van der Waals surface area contributed by atoms with Crippen molar-refractivity contribution < 1.29 is 9.47 Å². The second-order valence-electron chi connectivity index (χ2n) is 5.20. The highest BCUT2D eigenvalue weighted by molar-refractivity contribution is 9.10. The average Bonchev–Trinajstić information content (AvgIpc) is 2.60. The lowest BCUT2D eigenvalue weighted by Crippen LogP contribution is -2.33. The van der Waals surface area contributed by atoms with Gasteiger partial charge < -0.3 is 20.5 Å². The molecule has 6 heteroatoms. The molecule has 0 saturated heterocycles. The zero-order valence-corrected chi connectivity index (χ0v) is 15.5. The summed E-state index contributed by atoms with van der Waals surface area (Å²) in [7, 11) is 3.26. The standard InChI is InChI=1S/C18H22BrN3O2/c1-23-16-7-6-13(11-17(16)24-2)8-9-21-18(20)22-12-14-4-3-5-15(19)10-14/h3-7,10-11H,8-9,12H2,1-2H3,(H3,20,21,22). The molecule has 0 aromatic heterocycles. The zero-order valence-electron chi connectivity index (χ0n) is 13.9. The summed E-state index contributed by atoms with van der Waals surface area (Å²) < 4.78 is 11.6. The van der Waals surface area contributed by atoms with E-state index >= 15 is 0 Å². The van der Waals surface area contributed by atoms with E-state index in [0.717, 1.165) is 33.5 Å². The molecule has 0 saturated carbocycles. The van der Waals surface area contributed by atoms with Gasteiger partial charge in [0.2, 0.25) is 0 Å². The predicted octanol–water partition coefficient (Wildman–Crippen LogP) is 3.11. The van der Waals surface area contributed by atoms with Crippen molar-refractivity contribution >= 4 is 21.9 Å². The van der Waals surface area contributed by atoms with Gasteiger partial charge in [-0.05, 0) is 41.8 Å². The molecule has 0 unspecified atom stereocenters. The minimum absolute atomic E-state index is 0.440. The van der Waals surface area contributed by atoms with Crippen LogP contribution in [0.2, 0.25) is 0 Å². The van der Waals surface area contributed by atoms with Crippen LogP contribution in [0.25, 0.3) is 0 Å². The number of nitrogens with zero attached hydrogens (tertiary/aromatic N) is 1. The van der Waals surface area contributed by atoms with Gasteiger partial charge in [0.25, 0.3) is 0 Å². The Kier molecular flexibility index (Phi) is 6.93. The maximum Gasteiger partial charge on any atom is 0.188 e. The SMILES string of the molecule is COc1ccc(CCNC(N)=NCc2cccc(Br)c2)cc1OC. The fourth-order valence-electron chi connectivity index (χ4n) is 2.24. The van der Waals surface area contributed by atoms with Crippen molar-refractivity contribution in [3.05, 3.63) is 58.1 Å². The molecule has 24 heavy (non-hydrogen) atoms. The first-order valence-corrected chi connectivity index (χ1v) is 8.41. The molecule has 0 heterocycles. The molecule has 2 aromatic carbocycles. The summed E-state index contributed by atoms with van der Waals surface area (Å²) in [6.45, 7) is 1.25. The largest absolute Gasteiger partial charge is 0.493 e. The summed E-state index contributed by atoms with van der Waals surface area (Å²) in [6, 6.07) is 13.9. The van der Waals surface area contributed by atoms with Crippen LogP contribution in [0, 0.1) is 0 Å². The number of nitrogens with one attached hydrogen (secondary N) is 1. The fourth-order valence-corrected chi connectivity index (χ4v) is 2.69. The van der Waals surface area contributed by atoms with Gasteiger partial charge in [-0.25, -0.2) is 4.99 Å². The van der Waals surface area contributed by atoms with E-state index < -0.39 is 0 Å². The lowest BCUT2D eigenvalue weighted by Gasteiger charge is -2.10. The van der Waals surface area contributed by atoms with Crippen molar-refractivity contribution in [2.24, 2.45) is 10.7 Å². The van der Waals surface area contributed by atoms with Gasteiger partial charge in [0.15, 0.2) is 17.5 Å². The zero-order chi connectivity index (χ0) is 17.4. The quantitative estimate of drug-likeness (QED) is 0.561. The lowest BCUT2D eigenvalue weighted by atomic mass is 10.1. The normalized spacial score (nSPS) is 11.2. The van der Waals surface area contributed by atoms with Gasteiger partial charge in [-0.3, -0.25) is 0 Å². The topological polar surface area (TPSA) is 68.9 Å². The molecule has 0 atom stereocenters. The highest BCUT2D eigenvalue weighted by atomic mass is 79.9. The maximum atomic E-state index is 5.91.